The number of para-hydroxylation sites is 1. The molecule has 19 heteroatoms. The fourth-order valence-electron chi connectivity index (χ4n) is 11.2. The Morgan fingerprint density at radius 1 is 0.805 bits per heavy atom. The predicted molar refractivity (Wildman–Crippen MR) is 290 cm³/mol. The molecule has 0 unspecified atom stereocenters. The fourth-order valence-corrected chi connectivity index (χ4v) is 11.2. The first-order valence-electron chi connectivity index (χ1n) is 27.5. The summed E-state index contributed by atoms with van der Waals surface area (Å²) in [7, 11) is 6.75. The van der Waals surface area contributed by atoms with E-state index in [1.54, 1.807) is 18.9 Å². The van der Waals surface area contributed by atoms with Gasteiger partial charge in [0.2, 0.25) is 23.6 Å². The molecule has 0 aliphatic carbocycles. The second-order valence-electron chi connectivity index (χ2n) is 21.6. The van der Waals surface area contributed by atoms with E-state index in [1.807, 2.05) is 119 Å². The minimum atomic E-state index is -1.02. The van der Waals surface area contributed by atoms with Crippen LogP contribution in [0.25, 0.3) is 10.9 Å². The molecule has 5 rings (SSSR count). The summed E-state index contributed by atoms with van der Waals surface area (Å²) in [6, 6.07) is 13.8. The summed E-state index contributed by atoms with van der Waals surface area (Å²) in [5.74, 6) is -5.01. The number of likely N-dealkylation sites (tertiary alicyclic amines) is 1. The number of nitrogens with zero attached hydrogens (tertiary/aromatic N) is 4. The molecular weight excluding hydrogens is 987 g/mol. The van der Waals surface area contributed by atoms with Gasteiger partial charge < -0.3 is 34.2 Å². The number of hydroxylamine groups is 2. The second-order valence-corrected chi connectivity index (χ2v) is 21.6. The molecule has 2 aromatic carbocycles. The number of benzene rings is 2. The number of rotatable bonds is 30. The van der Waals surface area contributed by atoms with Crippen LogP contribution in [0, 0.1) is 23.7 Å². The molecule has 1 aromatic heterocycles. The molecular formula is C58H85N7O12. The molecule has 2 fully saturated rings. The van der Waals surface area contributed by atoms with Gasteiger partial charge in [0.05, 0.1) is 42.7 Å². The van der Waals surface area contributed by atoms with Crippen LogP contribution in [-0.2, 0) is 70.4 Å². The molecule has 2 aliphatic heterocycles. The highest BCUT2D eigenvalue weighted by Crippen LogP contribution is 2.31. The van der Waals surface area contributed by atoms with Gasteiger partial charge in [-0.1, -0.05) is 110 Å². The van der Waals surface area contributed by atoms with E-state index in [1.165, 1.54) is 7.11 Å². The van der Waals surface area contributed by atoms with Gasteiger partial charge in [0.15, 0.2) is 0 Å². The molecule has 9 atom stereocenters. The zero-order valence-corrected chi connectivity index (χ0v) is 47.2. The number of nitrogens with one attached hydrogen (secondary N) is 3. The average molecular weight is 1070 g/mol. The van der Waals surface area contributed by atoms with Crippen LogP contribution in [0.2, 0.25) is 0 Å². The van der Waals surface area contributed by atoms with E-state index in [0.29, 0.717) is 56.7 Å². The summed E-state index contributed by atoms with van der Waals surface area (Å²) in [4.78, 5) is 121. The van der Waals surface area contributed by atoms with Crippen LogP contribution >= 0.6 is 0 Å². The Bertz CT molecular complexity index is 2450. The number of esters is 1. The number of hydrogen-bond donors (Lipinski definition) is 3. The van der Waals surface area contributed by atoms with Gasteiger partial charge >= 0.3 is 11.9 Å². The number of ether oxygens (including phenoxy) is 3. The number of unbranched alkanes of at least 4 members (excludes halogenated alkanes) is 2. The van der Waals surface area contributed by atoms with Gasteiger partial charge in [0.25, 0.3) is 11.8 Å². The van der Waals surface area contributed by atoms with Crippen LogP contribution in [0.15, 0.2) is 60.8 Å². The van der Waals surface area contributed by atoms with Crippen LogP contribution in [0.5, 0.6) is 0 Å². The first-order valence-corrected chi connectivity index (χ1v) is 27.5. The number of aromatic nitrogens is 1. The van der Waals surface area contributed by atoms with E-state index in [-0.39, 0.29) is 62.4 Å². The summed E-state index contributed by atoms with van der Waals surface area (Å²) >= 11 is 0. The second kappa shape index (κ2) is 29.6. The molecule has 3 aromatic rings. The number of fused-ring (bicyclic) bond motifs is 1. The third kappa shape index (κ3) is 16.5. The molecule has 0 saturated carbocycles. The van der Waals surface area contributed by atoms with Crippen molar-refractivity contribution in [2.75, 3.05) is 41.4 Å². The fraction of sp³-hybridized carbons (Fsp3) is 0.621. The Morgan fingerprint density at radius 2 is 1.45 bits per heavy atom. The Labute approximate surface area is 454 Å². The maximum absolute atomic E-state index is 14.7. The van der Waals surface area contributed by atoms with Crippen molar-refractivity contribution in [3.05, 3.63) is 71.9 Å². The Hall–Kier alpha value is -6.02. The monoisotopic (exact) mass is 1070 g/mol. The summed E-state index contributed by atoms with van der Waals surface area (Å²) < 4.78 is 18.0. The van der Waals surface area contributed by atoms with Crippen LogP contribution < -0.4 is 10.6 Å². The number of methoxy groups -OCH3 is 2. The third-order valence-corrected chi connectivity index (χ3v) is 15.4. The molecule has 2 saturated heterocycles. The number of amides is 6. The number of carbonyl (C=O) groups is 8. The number of likely N-dealkylation sites (N-methyl/N-ethyl adjacent to an activating group) is 2. The SMILES string of the molecule is CC[C@H](C)[C@@H]([C@@H](CC(=O)N1CCC[C@H]1[C@H](OC)[C@@H](C)C(=O)N[C@@H](Cc1c[nH]c2ccccc12)C(=O)OCc1ccccc1)OC)N(C)[C@H](C(=O)NC(=O)[C@H](C(C)C)N(C)CCCCCC(=O)ON1C(=O)CCC1=O)C(C)C. The molecule has 3 heterocycles. The summed E-state index contributed by atoms with van der Waals surface area (Å²) in [5.41, 5.74) is 2.56. The largest absolute Gasteiger partial charge is 0.459 e. The van der Waals surface area contributed by atoms with Gasteiger partial charge in [-0.3, -0.25) is 43.9 Å². The van der Waals surface area contributed by atoms with E-state index in [0.717, 1.165) is 22.0 Å². The van der Waals surface area contributed by atoms with E-state index < -0.39 is 89.8 Å². The van der Waals surface area contributed by atoms with Crippen molar-refractivity contribution in [1.82, 2.24) is 35.4 Å². The smallest absolute Gasteiger partial charge is 0.333 e. The number of carbonyl (C=O) groups excluding carboxylic acids is 8. The molecule has 6 amide bonds. The number of imide groups is 2. The minimum absolute atomic E-state index is 0.0200. The first kappa shape index (κ1) is 61.8. The lowest BCUT2D eigenvalue weighted by Gasteiger charge is -2.43. The van der Waals surface area contributed by atoms with Crippen LogP contribution in [0.1, 0.15) is 124 Å². The molecule has 77 heavy (non-hydrogen) atoms. The van der Waals surface area contributed by atoms with E-state index >= 15 is 0 Å². The molecule has 0 spiro atoms. The van der Waals surface area contributed by atoms with Crippen LogP contribution in [0.3, 0.4) is 0 Å². The van der Waals surface area contributed by atoms with Crippen LogP contribution in [-0.4, -0.2) is 156 Å². The van der Waals surface area contributed by atoms with Gasteiger partial charge in [-0.15, -0.1) is 5.06 Å². The van der Waals surface area contributed by atoms with Crippen LogP contribution in [0.4, 0.5) is 0 Å². The predicted octanol–water partition coefficient (Wildman–Crippen LogP) is 6.12. The lowest BCUT2D eigenvalue weighted by molar-refractivity contribution is -0.197. The zero-order valence-electron chi connectivity index (χ0n) is 47.2. The third-order valence-electron chi connectivity index (χ3n) is 15.4. The molecule has 0 bridgehead atoms. The zero-order chi connectivity index (χ0) is 56.5. The van der Waals surface area contributed by atoms with Crippen molar-refractivity contribution >= 4 is 58.3 Å². The molecule has 2 aliphatic rings. The first-order chi connectivity index (χ1) is 36.7. The van der Waals surface area contributed by atoms with Crippen molar-refractivity contribution < 1.29 is 57.4 Å². The summed E-state index contributed by atoms with van der Waals surface area (Å²) in [6.07, 6.45) is 4.40. The van der Waals surface area contributed by atoms with E-state index in [9.17, 15) is 38.4 Å². The topological polar surface area (TPSA) is 226 Å². The van der Waals surface area contributed by atoms with Crippen molar-refractivity contribution in [1.29, 1.82) is 0 Å². The van der Waals surface area contributed by atoms with Gasteiger partial charge in [-0.2, -0.15) is 0 Å². The number of aromatic amines is 1. The van der Waals surface area contributed by atoms with E-state index in [2.05, 4.69) is 22.5 Å². The minimum Gasteiger partial charge on any atom is -0.459 e. The average Bonchev–Trinajstić information content (AvgIpc) is 4.14. The molecule has 424 valence electrons. The number of hydrogen-bond acceptors (Lipinski definition) is 14. The standard InChI is InChI=1S/C58H85N7O12/c1-12-38(6)53(63(9)52(37(4)5)57(72)61-56(71)51(36(2)3)62(8)30-20-14-17-27-50(69)77-65-47(66)28-29-48(65)67)46(74-10)33-49(68)64-31-21-26-45(64)54(75-11)39(7)55(70)60-44(58(73)76-35-40-22-15-13-16-23-40)32-41-34-59-43-25-19-18-24-42(41)43/h13,15-16,18-19,22-25,34,36-39,44-46,51-54,59H,12,14,17,20-21,26-33,35H2,1-11H3,(H,60,70)(H,61,71,72)/t38-,39+,44-,45-,46+,51-,52-,53-,54+/m0/s1. The lowest BCUT2D eigenvalue weighted by Crippen LogP contribution is -2.60. The summed E-state index contributed by atoms with van der Waals surface area (Å²) in [5, 5.41) is 7.20. The maximum Gasteiger partial charge on any atom is 0.333 e. The molecule has 3 N–H and O–H groups in total. The quantitative estimate of drug-likeness (QED) is 0.0389. The maximum atomic E-state index is 14.7. The normalized spacial score (nSPS) is 18.1. The van der Waals surface area contributed by atoms with Gasteiger partial charge in [-0.25, -0.2) is 9.59 Å². The summed E-state index contributed by atoms with van der Waals surface area (Å²) in [6.45, 7) is 14.5. The highest BCUT2D eigenvalue weighted by molar-refractivity contribution is 6.02. The Morgan fingerprint density at radius 3 is 2.09 bits per heavy atom. The van der Waals surface area contributed by atoms with Crippen molar-refractivity contribution in [3.63, 3.8) is 0 Å². The Kier molecular flexibility index (Phi) is 23.8. The van der Waals surface area contributed by atoms with Crippen molar-refractivity contribution in [2.45, 2.75) is 168 Å². The molecule has 0 radical (unpaired) electrons. The highest BCUT2D eigenvalue weighted by Gasteiger charge is 2.44. The van der Waals surface area contributed by atoms with Gasteiger partial charge in [-0.05, 0) is 81.3 Å². The molecule has 19 nitrogen and oxygen atoms in total. The van der Waals surface area contributed by atoms with E-state index in [4.69, 9.17) is 19.0 Å². The van der Waals surface area contributed by atoms with Gasteiger partial charge in [0.1, 0.15) is 12.6 Å². The lowest BCUT2D eigenvalue weighted by atomic mass is 9.87. The van der Waals surface area contributed by atoms with Gasteiger partial charge in [0, 0.05) is 69.6 Å². The van der Waals surface area contributed by atoms with Crippen molar-refractivity contribution in [2.24, 2.45) is 23.7 Å². The number of H-pyrrole nitrogens is 1. The van der Waals surface area contributed by atoms with Crippen molar-refractivity contribution in [3.8, 4) is 0 Å². The highest BCUT2D eigenvalue weighted by atomic mass is 16.7. The Balaban J connectivity index is 1.23.